The summed E-state index contributed by atoms with van der Waals surface area (Å²) in [5.74, 6) is 1.03. The number of rotatable bonds is 5. The van der Waals surface area contributed by atoms with Crippen molar-refractivity contribution in [3.05, 3.63) is 53.8 Å². The van der Waals surface area contributed by atoms with Crippen molar-refractivity contribution in [3.63, 3.8) is 0 Å². The van der Waals surface area contributed by atoms with Crippen LogP contribution < -0.4 is 15.2 Å². The van der Waals surface area contributed by atoms with E-state index in [0.29, 0.717) is 30.4 Å². The molecule has 2 aromatic rings. The third-order valence-electron chi connectivity index (χ3n) is 2.65. The summed E-state index contributed by atoms with van der Waals surface area (Å²) in [5.41, 5.74) is 7.11. The quantitative estimate of drug-likeness (QED) is 0.664. The fraction of sp³-hybridized carbons (Fsp3) is 0.200. The van der Waals surface area contributed by atoms with Gasteiger partial charge in [-0.2, -0.15) is 0 Å². The van der Waals surface area contributed by atoms with Crippen molar-refractivity contribution in [1.29, 1.82) is 0 Å². The minimum Gasteiger partial charge on any atom is -0.490 e. The van der Waals surface area contributed by atoms with E-state index in [1.807, 2.05) is 12.1 Å². The molecule has 0 saturated carbocycles. The lowest BCUT2D eigenvalue weighted by atomic mass is 10.2. The van der Waals surface area contributed by atoms with Crippen LogP contribution in [0.25, 0.3) is 0 Å². The van der Waals surface area contributed by atoms with Gasteiger partial charge in [-0.15, -0.1) is 0 Å². The second-order valence-corrected chi connectivity index (χ2v) is 4.14. The first-order chi connectivity index (χ1) is 9.16. The van der Waals surface area contributed by atoms with Gasteiger partial charge in [0.25, 0.3) is 0 Å². The average molecular weight is 261 g/mol. The molecule has 0 aliphatic rings. The molecule has 4 heteroatoms. The molecule has 0 amide bonds. The van der Waals surface area contributed by atoms with Crippen LogP contribution in [0.15, 0.2) is 42.5 Å². The Bertz CT molecular complexity index is 558. The average Bonchev–Trinajstić information content (AvgIpc) is 2.38. The van der Waals surface area contributed by atoms with Crippen molar-refractivity contribution in [2.45, 2.75) is 6.92 Å². The summed E-state index contributed by atoms with van der Waals surface area (Å²) >= 11 is 0. The highest BCUT2D eigenvalue weighted by atomic mass is 19.1. The third kappa shape index (κ3) is 3.61. The lowest BCUT2D eigenvalue weighted by Gasteiger charge is -2.11. The van der Waals surface area contributed by atoms with Crippen LogP contribution >= 0.6 is 0 Å². The maximum absolute atomic E-state index is 12.9. The van der Waals surface area contributed by atoms with Crippen molar-refractivity contribution in [2.24, 2.45) is 0 Å². The van der Waals surface area contributed by atoms with Gasteiger partial charge in [0.05, 0.1) is 5.69 Å². The van der Waals surface area contributed by atoms with Gasteiger partial charge >= 0.3 is 0 Å². The fourth-order valence-electron chi connectivity index (χ4n) is 1.69. The molecule has 0 radical (unpaired) electrons. The molecule has 2 aromatic carbocycles. The number of para-hydroxylation sites is 2. The molecule has 100 valence electrons. The van der Waals surface area contributed by atoms with E-state index in [2.05, 4.69) is 0 Å². The van der Waals surface area contributed by atoms with E-state index in [4.69, 9.17) is 15.2 Å². The lowest BCUT2D eigenvalue weighted by Crippen LogP contribution is -2.10. The number of hydrogen-bond acceptors (Lipinski definition) is 3. The van der Waals surface area contributed by atoms with E-state index < -0.39 is 0 Å². The van der Waals surface area contributed by atoms with Crippen molar-refractivity contribution in [3.8, 4) is 11.5 Å². The highest BCUT2D eigenvalue weighted by Gasteiger charge is 2.02. The fourth-order valence-corrected chi connectivity index (χ4v) is 1.69. The van der Waals surface area contributed by atoms with E-state index >= 15 is 0 Å². The molecule has 2 N–H and O–H groups in total. The Labute approximate surface area is 111 Å². The smallest absolute Gasteiger partial charge is 0.142 e. The molecule has 3 nitrogen and oxygen atoms in total. The van der Waals surface area contributed by atoms with E-state index in [9.17, 15) is 4.39 Å². The molecule has 0 aliphatic carbocycles. The van der Waals surface area contributed by atoms with E-state index in [1.165, 1.54) is 12.1 Å². The standard InChI is InChI=1S/C15H16FNO2/c1-11-10-12(16)6-7-14(11)18-8-9-19-15-5-3-2-4-13(15)17/h2-7,10H,8-9,17H2,1H3. The number of nitrogens with two attached hydrogens (primary N) is 1. The Morgan fingerprint density at radius 1 is 1.00 bits per heavy atom. The normalized spacial score (nSPS) is 10.2. The predicted molar refractivity (Wildman–Crippen MR) is 73.0 cm³/mol. The van der Waals surface area contributed by atoms with Crippen LogP contribution in [0.2, 0.25) is 0 Å². The van der Waals surface area contributed by atoms with Crippen LogP contribution in [0.3, 0.4) is 0 Å². The number of nitrogen functional groups attached to an aromatic ring is 1. The molecule has 0 heterocycles. The molecule has 0 saturated heterocycles. The molecule has 0 fully saturated rings. The number of halogens is 1. The Morgan fingerprint density at radius 3 is 2.37 bits per heavy atom. The number of ether oxygens (including phenoxy) is 2. The summed E-state index contributed by atoms with van der Waals surface area (Å²) in [6.45, 7) is 2.56. The second kappa shape index (κ2) is 6.09. The molecule has 0 bridgehead atoms. The van der Waals surface area contributed by atoms with Gasteiger partial charge in [0.2, 0.25) is 0 Å². The van der Waals surface area contributed by atoms with Gasteiger partial charge in [0, 0.05) is 0 Å². The highest BCUT2D eigenvalue weighted by Crippen LogP contribution is 2.20. The first-order valence-corrected chi connectivity index (χ1v) is 6.03. The van der Waals surface area contributed by atoms with Crippen molar-refractivity contribution < 1.29 is 13.9 Å². The van der Waals surface area contributed by atoms with E-state index in [0.717, 1.165) is 5.56 Å². The van der Waals surface area contributed by atoms with Crippen LogP contribution in [0.4, 0.5) is 10.1 Å². The first kappa shape index (κ1) is 13.2. The van der Waals surface area contributed by atoms with Crippen LogP contribution in [0.5, 0.6) is 11.5 Å². The maximum Gasteiger partial charge on any atom is 0.142 e. The van der Waals surface area contributed by atoms with Gasteiger partial charge in [0.15, 0.2) is 0 Å². The SMILES string of the molecule is Cc1cc(F)ccc1OCCOc1ccccc1N. The van der Waals surface area contributed by atoms with Gasteiger partial charge in [-0.05, 0) is 42.8 Å². The molecule has 0 atom stereocenters. The number of hydrogen-bond donors (Lipinski definition) is 1. The highest BCUT2D eigenvalue weighted by molar-refractivity contribution is 5.51. The number of benzene rings is 2. The van der Waals surface area contributed by atoms with Crippen LogP contribution in [-0.4, -0.2) is 13.2 Å². The Hall–Kier alpha value is -2.23. The summed E-state index contributed by atoms with van der Waals surface area (Å²) < 4.78 is 23.9. The van der Waals surface area contributed by atoms with E-state index in [-0.39, 0.29) is 5.82 Å². The van der Waals surface area contributed by atoms with Crippen LogP contribution in [-0.2, 0) is 0 Å². The monoisotopic (exact) mass is 261 g/mol. The van der Waals surface area contributed by atoms with Crippen molar-refractivity contribution in [2.75, 3.05) is 18.9 Å². The topological polar surface area (TPSA) is 44.5 Å². The van der Waals surface area contributed by atoms with Crippen LogP contribution in [0, 0.1) is 12.7 Å². The number of aryl methyl sites for hydroxylation is 1. The maximum atomic E-state index is 12.9. The van der Waals surface area contributed by atoms with Gasteiger partial charge < -0.3 is 15.2 Å². The van der Waals surface area contributed by atoms with Gasteiger partial charge in [-0.25, -0.2) is 4.39 Å². The van der Waals surface area contributed by atoms with Gasteiger partial charge in [0.1, 0.15) is 30.5 Å². The molecular formula is C15H16FNO2. The molecule has 0 aliphatic heterocycles. The summed E-state index contributed by atoms with van der Waals surface area (Å²) in [5, 5.41) is 0. The second-order valence-electron chi connectivity index (χ2n) is 4.14. The van der Waals surface area contributed by atoms with Gasteiger partial charge in [-0.3, -0.25) is 0 Å². The predicted octanol–water partition coefficient (Wildman–Crippen LogP) is 3.17. The summed E-state index contributed by atoms with van der Waals surface area (Å²) in [6.07, 6.45) is 0. The van der Waals surface area contributed by atoms with Crippen LogP contribution in [0.1, 0.15) is 5.56 Å². The lowest BCUT2D eigenvalue weighted by molar-refractivity contribution is 0.217. The third-order valence-corrected chi connectivity index (χ3v) is 2.65. The first-order valence-electron chi connectivity index (χ1n) is 6.03. The van der Waals surface area contributed by atoms with E-state index in [1.54, 1.807) is 25.1 Å². The molecular weight excluding hydrogens is 245 g/mol. The largest absolute Gasteiger partial charge is 0.490 e. The van der Waals surface area contributed by atoms with Crippen molar-refractivity contribution >= 4 is 5.69 Å². The molecule has 0 unspecified atom stereocenters. The zero-order valence-electron chi connectivity index (χ0n) is 10.7. The number of anilines is 1. The van der Waals surface area contributed by atoms with Crippen molar-refractivity contribution in [1.82, 2.24) is 0 Å². The molecule has 0 aromatic heterocycles. The summed E-state index contributed by atoms with van der Waals surface area (Å²) in [7, 11) is 0. The zero-order chi connectivity index (χ0) is 13.7. The molecule has 0 spiro atoms. The Balaban J connectivity index is 1.83. The molecule has 19 heavy (non-hydrogen) atoms. The zero-order valence-corrected chi connectivity index (χ0v) is 10.7. The Kier molecular flexibility index (Phi) is 4.23. The molecule has 2 rings (SSSR count). The minimum atomic E-state index is -0.266. The van der Waals surface area contributed by atoms with Gasteiger partial charge in [-0.1, -0.05) is 12.1 Å². The Morgan fingerprint density at radius 2 is 1.68 bits per heavy atom. The summed E-state index contributed by atoms with van der Waals surface area (Å²) in [4.78, 5) is 0. The summed E-state index contributed by atoms with van der Waals surface area (Å²) in [6, 6.07) is 11.7. The minimum absolute atomic E-state index is 0.266.